The molecule has 4 aromatic carbocycles. The first-order valence-electron chi connectivity index (χ1n) is 11.7. The lowest BCUT2D eigenvalue weighted by Crippen LogP contribution is -2.53. The van der Waals surface area contributed by atoms with E-state index in [2.05, 4.69) is 24.3 Å². The minimum Gasteiger partial charge on any atom is -0.448 e. The van der Waals surface area contributed by atoms with Crippen molar-refractivity contribution in [3.8, 4) is 16.9 Å². The minimum absolute atomic E-state index is 0.0989. The number of carbonyl (C=O) groups excluding carboxylic acids is 1. The Morgan fingerprint density at radius 2 is 1.28 bits per heavy atom. The predicted molar refractivity (Wildman–Crippen MR) is 136 cm³/mol. The van der Waals surface area contributed by atoms with Crippen LogP contribution >= 0.6 is 0 Å². The molecule has 0 spiro atoms. The molecule has 1 aliphatic rings. The Hall–Kier alpha value is -4.13. The van der Waals surface area contributed by atoms with Gasteiger partial charge in [-0.3, -0.25) is 5.11 Å². The van der Waals surface area contributed by atoms with Crippen LogP contribution in [-0.4, -0.2) is 26.9 Å². The summed E-state index contributed by atoms with van der Waals surface area (Å²) in [7, 11) is 2.89. The fourth-order valence-corrected chi connectivity index (χ4v) is 4.93. The highest BCUT2D eigenvalue weighted by Crippen LogP contribution is 2.45. The van der Waals surface area contributed by atoms with Gasteiger partial charge in [0, 0.05) is 25.7 Å². The molecule has 0 atom stereocenters. The molecule has 36 heavy (non-hydrogen) atoms. The highest BCUT2D eigenvalue weighted by Gasteiger charge is 2.45. The third-order valence-electron chi connectivity index (χ3n) is 6.60. The van der Waals surface area contributed by atoms with Crippen molar-refractivity contribution < 1.29 is 24.1 Å². The van der Waals surface area contributed by atoms with E-state index in [0.717, 1.165) is 22.3 Å². The lowest BCUT2D eigenvalue weighted by Gasteiger charge is -2.40. The largest absolute Gasteiger partial charge is 0.448 e. The van der Waals surface area contributed by atoms with Gasteiger partial charge in [-0.15, -0.1) is 0 Å². The van der Waals surface area contributed by atoms with Crippen LogP contribution in [0.2, 0.25) is 0 Å². The summed E-state index contributed by atoms with van der Waals surface area (Å²) in [6, 6.07) is 31.4. The molecule has 1 radical (unpaired) electrons. The van der Waals surface area contributed by atoms with Crippen LogP contribution in [0.25, 0.3) is 11.1 Å². The molecule has 1 amide bonds. The predicted octanol–water partition coefficient (Wildman–Crippen LogP) is 6.69. The Balaban J connectivity index is 1.51. The van der Waals surface area contributed by atoms with E-state index in [1.165, 1.54) is 31.3 Å². The van der Waals surface area contributed by atoms with Crippen molar-refractivity contribution in [2.24, 2.45) is 0 Å². The van der Waals surface area contributed by atoms with Crippen molar-refractivity contribution in [1.82, 2.24) is 0 Å². The monoisotopic (exact) mass is 480 g/mol. The first-order chi connectivity index (χ1) is 17.6. The average Bonchev–Trinajstić information content (AvgIpc) is 3.25. The number of fused-ring (bicyclic) bond motifs is 3. The molecule has 0 aromatic heterocycles. The number of hydrogen-bond acceptors (Lipinski definition) is 4. The van der Waals surface area contributed by atoms with Crippen LogP contribution in [0.3, 0.4) is 0 Å². The highest BCUT2D eigenvalue weighted by atomic mass is 16.7. The van der Waals surface area contributed by atoms with Crippen molar-refractivity contribution in [2.45, 2.75) is 11.8 Å². The number of hydrogen-bond donors (Lipinski definition) is 0. The highest BCUT2D eigenvalue weighted by molar-refractivity contribution is 5.89. The SMILES string of the molecule is COC(OC)(c1ccc([O])cc1)N(C(=O)OCC1c2ccccc2-c2ccccc21)c1ccccc1. The van der Waals surface area contributed by atoms with Crippen molar-refractivity contribution in [3.63, 3.8) is 0 Å². The summed E-state index contributed by atoms with van der Waals surface area (Å²) in [6.07, 6.45) is -0.641. The number of methoxy groups -OCH3 is 2. The van der Waals surface area contributed by atoms with E-state index in [-0.39, 0.29) is 18.3 Å². The zero-order valence-electron chi connectivity index (χ0n) is 20.1. The fourth-order valence-electron chi connectivity index (χ4n) is 4.93. The molecule has 6 heteroatoms. The Kier molecular flexibility index (Phi) is 6.46. The number of nitrogens with zero attached hydrogens (tertiary/aromatic N) is 1. The molecule has 0 bridgehead atoms. The molecule has 0 heterocycles. The molecule has 4 aromatic rings. The number of ether oxygens (including phenoxy) is 3. The van der Waals surface area contributed by atoms with Gasteiger partial charge in [-0.05, 0) is 58.7 Å². The summed E-state index contributed by atoms with van der Waals surface area (Å²) in [5.41, 5.74) is 5.53. The number of para-hydroxylation sites is 1. The number of benzene rings is 4. The summed E-state index contributed by atoms with van der Waals surface area (Å²) in [6.45, 7) is 0.138. The van der Waals surface area contributed by atoms with Crippen LogP contribution < -0.4 is 4.90 Å². The zero-order chi connectivity index (χ0) is 25.1. The number of rotatable bonds is 7. The van der Waals surface area contributed by atoms with Gasteiger partial charge in [-0.1, -0.05) is 66.7 Å². The summed E-state index contributed by atoms with van der Waals surface area (Å²) in [4.78, 5) is 15.1. The van der Waals surface area contributed by atoms with Gasteiger partial charge in [-0.25, -0.2) is 9.69 Å². The number of anilines is 1. The van der Waals surface area contributed by atoms with Gasteiger partial charge >= 0.3 is 6.09 Å². The van der Waals surface area contributed by atoms with E-state index in [1.54, 1.807) is 24.3 Å². The maximum absolute atomic E-state index is 13.8. The Bertz CT molecular complexity index is 1300. The average molecular weight is 481 g/mol. The lowest BCUT2D eigenvalue weighted by molar-refractivity contribution is -0.211. The number of carbonyl (C=O) groups is 1. The van der Waals surface area contributed by atoms with Gasteiger partial charge < -0.3 is 14.2 Å². The van der Waals surface area contributed by atoms with Gasteiger partial charge in [0.2, 0.25) is 0 Å². The standard InChI is InChI=1S/C30H26NO5/c1-34-30(35-2,21-16-18-23(32)19-17-21)31(22-10-4-3-5-11-22)29(33)36-20-28-26-14-8-6-12-24(26)25-13-7-9-15-27(25)28/h3-19,28H,20H2,1-2H3. The summed E-state index contributed by atoms with van der Waals surface area (Å²) in [5.74, 6) is -1.91. The topological polar surface area (TPSA) is 67.9 Å². The van der Waals surface area contributed by atoms with E-state index in [0.29, 0.717) is 11.3 Å². The summed E-state index contributed by atoms with van der Waals surface area (Å²) < 4.78 is 17.6. The molecular formula is C30H26NO5. The lowest BCUT2D eigenvalue weighted by atomic mass is 9.98. The Morgan fingerprint density at radius 3 is 1.83 bits per heavy atom. The first kappa shape index (κ1) is 23.6. The van der Waals surface area contributed by atoms with Crippen molar-refractivity contribution in [2.75, 3.05) is 25.7 Å². The fraction of sp³-hybridized carbons (Fsp3) is 0.167. The second-order valence-electron chi connectivity index (χ2n) is 8.49. The third kappa shape index (κ3) is 4.00. The molecular weight excluding hydrogens is 454 g/mol. The maximum atomic E-state index is 13.8. The molecule has 0 aliphatic heterocycles. The van der Waals surface area contributed by atoms with Crippen molar-refractivity contribution in [3.05, 3.63) is 120 Å². The van der Waals surface area contributed by atoms with Crippen molar-refractivity contribution in [1.29, 1.82) is 0 Å². The van der Waals surface area contributed by atoms with E-state index in [4.69, 9.17) is 14.2 Å². The van der Waals surface area contributed by atoms with Gasteiger partial charge in [0.1, 0.15) is 6.61 Å². The smallest absolute Gasteiger partial charge is 0.418 e. The van der Waals surface area contributed by atoms with Gasteiger partial charge in [0.25, 0.3) is 5.91 Å². The molecule has 0 fully saturated rings. The van der Waals surface area contributed by atoms with Crippen molar-refractivity contribution >= 4 is 11.8 Å². The molecule has 181 valence electrons. The van der Waals surface area contributed by atoms with Crippen LogP contribution in [0.4, 0.5) is 10.5 Å². The Labute approximate surface area is 210 Å². The second-order valence-corrected chi connectivity index (χ2v) is 8.49. The molecule has 0 saturated heterocycles. The van der Waals surface area contributed by atoms with Crippen LogP contribution in [0.1, 0.15) is 22.6 Å². The molecule has 0 N–H and O–H groups in total. The minimum atomic E-state index is -1.66. The zero-order valence-corrected chi connectivity index (χ0v) is 20.1. The maximum Gasteiger partial charge on any atom is 0.418 e. The molecule has 5 rings (SSSR count). The van der Waals surface area contributed by atoms with Crippen LogP contribution in [0.5, 0.6) is 5.75 Å². The van der Waals surface area contributed by atoms with Crippen LogP contribution in [0, 0.1) is 0 Å². The normalized spacial score (nSPS) is 12.6. The van der Waals surface area contributed by atoms with E-state index in [9.17, 15) is 9.90 Å². The van der Waals surface area contributed by atoms with E-state index in [1.807, 2.05) is 42.5 Å². The summed E-state index contributed by atoms with van der Waals surface area (Å²) in [5, 5.41) is 11.8. The van der Waals surface area contributed by atoms with Gasteiger partial charge in [0.15, 0.2) is 5.75 Å². The van der Waals surface area contributed by atoms with E-state index >= 15 is 0 Å². The van der Waals surface area contributed by atoms with Gasteiger partial charge in [-0.2, -0.15) is 0 Å². The number of amides is 1. The first-order valence-corrected chi connectivity index (χ1v) is 11.7. The van der Waals surface area contributed by atoms with Crippen LogP contribution in [-0.2, 0) is 25.2 Å². The summed E-state index contributed by atoms with van der Waals surface area (Å²) >= 11 is 0. The molecule has 0 saturated carbocycles. The molecule has 0 unspecified atom stereocenters. The third-order valence-corrected chi connectivity index (χ3v) is 6.60. The Morgan fingerprint density at radius 1 is 0.750 bits per heavy atom. The van der Waals surface area contributed by atoms with Crippen LogP contribution in [0.15, 0.2) is 103 Å². The molecule has 6 nitrogen and oxygen atoms in total. The second kappa shape index (κ2) is 9.85. The molecule has 1 aliphatic carbocycles. The van der Waals surface area contributed by atoms with E-state index < -0.39 is 12.0 Å². The van der Waals surface area contributed by atoms with Gasteiger partial charge in [0.05, 0.1) is 5.69 Å². The quantitative estimate of drug-likeness (QED) is 0.276.